The third-order valence-corrected chi connectivity index (χ3v) is 8.45. The first-order valence-electron chi connectivity index (χ1n) is 17.0. The monoisotopic (exact) mass is 692 g/mol. The summed E-state index contributed by atoms with van der Waals surface area (Å²) in [6.07, 6.45) is 3.44. The van der Waals surface area contributed by atoms with E-state index in [1.54, 1.807) is 40.0 Å². The molecule has 0 unspecified atom stereocenters. The summed E-state index contributed by atoms with van der Waals surface area (Å²) in [7, 11) is 0. The molecular weight excluding hydrogens is 661 g/mol. The fourth-order valence-corrected chi connectivity index (χ4v) is 5.95. The SMILES string of the molecule is O=C(Nc1cc(NC(=O)c2cn(-c3ccccc3)nc2-c2ccccc2)cc(Oc2ccccc2)c1)c1cn(-c2ccccc2)nc1-c1ccccc1. The molecule has 9 nitrogen and oxygen atoms in total. The molecule has 53 heavy (non-hydrogen) atoms. The number of carbonyl (C=O) groups is 2. The van der Waals surface area contributed by atoms with Crippen LogP contribution in [-0.2, 0) is 0 Å². The van der Waals surface area contributed by atoms with E-state index in [9.17, 15) is 9.59 Å². The molecule has 0 atom stereocenters. The Morgan fingerprint density at radius 2 is 0.830 bits per heavy atom. The first kappa shape index (κ1) is 32.7. The molecule has 2 amide bonds. The van der Waals surface area contributed by atoms with Crippen LogP contribution < -0.4 is 15.4 Å². The van der Waals surface area contributed by atoms with E-state index in [0.717, 1.165) is 22.5 Å². The number of amides is 2. The zero-order valence-corrected chi connectivity index (χ0v) is 28.3. The van der Waals surface area contributed by atoms with Crippen LogP contribution in [0.5, 0.6) is 11.5 Å². The maximum Gasteiger partial charge on any atom is 0.259 e. The van der Waals surface area contributed by atoms with Crippen molar-refractivity contribution < 1.29 is 14.3 Å². The molecular formula is C44H32N6O3. The Hall–Kier alpha value is -7.52. The highest BCUT2D eigenvalue weighted by Gasteiger charge is 2.22. The largest absolute Gasteiger partial charge is 0.457 e. The molecule has 0 aliphatic carbocycles. The van der Waals surface area contributed by atoms with Crippen molar-refractivity contribution in [1.29, 1.82) is 0 Å². The first-order chi connectivity index (χ1) is 26.1. The zero-order valence-electron chi connectivity index (χ0n) is 28.3. The van der Waals surface area contributed by atoms with Crippen molar-refractivity contribution in [1.82, 2.24) is 19.6 Å². The molecule has 0 bridgehead atoms. The van der Waals surface area contributed by atoms with Crippen LogP contribution in [0.25, 0.3) is 33.9 Å². The lowest BCUT2D eigenvalue weighted by Gasteiger charge is -2.13. The van der Waals surface area contributed by atoms with E-state index in [-0.39, 0.29) is 11.8 Å². The van der Waals surface area contributed by atoms with E-state index in [2.05, 4.69) is 10.6 Å². The molecule has 256 valence electrons. The van der Waals surface area contributed by atoms with Crippen LogP contribution in [-0.4, -0.2) is 31.4 Å². The van der Waals surface area contributed by atoms with Gasteiger partial charge in [-0.15, -0.1) is 0 Å². The Bertz CT molecular complexity index is 2350. The van der Waals surface area contributed by atoms with Crippen LogP contribution in [0.4, 0.5) is 11.4 Å². The normalized spacial score (nSPS) is 10.8. The van der Waals surface area contributed by atoms with E-state index in [1.807, 2.05) is 152 Å². The smallest absolute Gasteiger partial charge is 0.259 e. The topological polar surface area (TPSA) is 103 Å². The Balaban J connectivity index is 1.15. The summed E-state index contributed by atoms with van der Waals surface area (Å²) in [4.78, 5) is 28.2. The average Bonchev–Trinajstić information content (AvgIpc) is 3.87. The quantitative estimate of drug-likeness (QED) is 0.149. The molecule has 0 saturated heterocycles. The maximum atomic E-state index is 14.1. The summed E-state index contributed by atoms with van der Waals surface area (Å²) in [6.45, 7) is 0. The van der Waals surface area contributed by atoms with Crippen LogP contribution in [0.2, 0.25) is 0 Å². The Kier molecular flexibility index (Phi) is 9.10. The van der Waals surface area contributed by atoms with Crippen LogP contribution in [0, 0.1) is 0 Å². The Labute approximate surface area is 305 Å². The Morgan fingerprint density at radius 1 is 0.453 bits per heavy atom. The van der Waals surface area contributed by atoms with Gasteiger partial charge in [0.15, 0.2) is 0 Å². The van der Waals surface area contributed by atoms with Gasteiger partial charge < -0.3 is 15.4 Å². The van der Waals surface area contributed by atoms with Crippen molar-refractivity contribution in [3.05, 3.63) is 193 Å². The van der Waals surface area contributed by atoms with E-state index in [0.29, 0.717) is 45.4 Å². The molecule has 2 aromatic heterocycles. The van der Waals surface area contributed by atoms with Crippen molar-refractivity contribution in [3.63, 3.8) is 0 Å². The zero-order chi connectivity index (χ0) is 36.0. The molecule has 0 aliphatic rings. The first-order valence-corrected chi connectivity index (χ1v) is 17.0. The van der Waals surface area contributed by atoms with Crippen molar-refractivity contribution in [2.45, 2.75) is 0 Å². The van der Waals surface area contributed by atoms with Crippen LogP contribution >= 0.6 is 0 Å². The summed E-state index contributed by atoms with van der Waals surface area (Å²) >= 11 is 0. The van der Waals surface area contributed by atoms with E-state index >= 15 is 0 Å². The minimum absolute atomic E-state index is 0.376. The van der Waals surface area contributed by atoms with Crippen molar-refractivity contribution >= 4 is 23.2 Å². The predicted molar refractivity (Wildman–Crippen MR) is 207 cm³/mol. The number of carbonyl (C=O) groups excluding carboxylic acids is 2. The maximum absolute atomic E-state index is 14.1. The third kappa shape index (κ3) is 7.35. The molecule has 0 spiro atoms. The number of ether oxygens (including phenoxy) is 1. The van der Waals surface area contributed by atoms with Crippen molar-refractivity contribution in [3.8, 4) is 45.4 Å². The summed E-state index contributed by atoms with van der Waals surface area (Å²) in [6, 6.07) is 52.8. The number of para-hydroxylation sites is 3. The van der Waals surface area contributed by atoms with Crippen molar-refractivity contribution in [2.24, 2.45) is 0 Å². The molecule has 0 aliphatic heterocycles. The summed E-state index contributed by atoms with van der Waals surface area (Å²) in [5, 5.41) is 15.7. The fraction of sp³-hybridized carbons (Fsp3) is 0. The average molecular weight is 693 g/mol. The highest BCUT2D eigenvalue weighted by Crippen LogP contribution is 2.32. The third-order valence-electron chi connectivity index (χ3n) is 8.45. The minimum atomic E-state index is -0.379. The van der Waals surface area contributed by atoms with Crippen LogP contribution in [0.15, 0.2) is 182 Å². The highest BCUT2D eigenvalue weighted by molar-refractivity contribution is 6.10. The van der Waals surface area contributed by atoms with Gasteiger partial charge >= 0.3 is 0 Å². The molecule has 6 aromatic carbocycles. The molecule has 2 N–H and O–H groups in total. The number of nitrogens with one attached hydrogen (secondary N) is 2. The molecule has 9 heteroatoms. The van der Waals surface area contributed by atoms with Gasteiger partial charge in [0, 0.05) is 47.0 Å². The van der Waals surface area contributed by atoms with Crippen LogP contribution in [0.1, 0.15) is 20.7 Å². The van der Waals surface area contributed by atoms with Gasteiger partial charge in [0.1, 0.15) is 22.9 Å². The highest BCUT2D eigenvalue weighted by atomic mass is 16.5. The van der Waals surface area contributed by atoms with Gasteiger partial charge in [-0.3, -0.25) is 9.59 Å². The lowest BCUT2D eigenvalue weighted by molar-refractivity contribution is 0.102. The van der Waals surface area contributed by atoms with Gasteiger partial charge in [-0.1, -0.05) is 115 Å². The lowest BCUT2D eigenvalue weighted by atomic mass is 10.1. The second-order valence-corrected chi connectivity index (χ2v) is 12.1. The van der Waals surface area contributed by atoms with E-state index in [4.69, 9.17) is 14.9 Å². The molecule has 8 rings (SSSR count). The van der Waals surface area contributed by atoms with Gasteiger partial charge in [-0.05, 0) is 42.5 Å². The fourth-order valence-electron chi connectivity index (χ4n) is 5.95. The van der Waals surface area contributed by atoms with Gasteiger partial charge in [0.05, 0.1) is 22.5 Å². The van der Waals surface area contributed by atoms with Gasteiger partial charge in [0.25, 0.3) is 11.8 Å². The number of rotatable bonds is 10. The lowest BCUT2D eigenvalue weighted by Crippen LogP contribution is -2.15. The van der Waals surface area contributed by atoms with Gasteiger partial charge in [0.2, 0.25) is 0 Å². The number of benzene rings is 6. The number of nitrogens with zero attached hydrogens (tertiary/aromatic N) is 4. The second-order valence-electron chi connectivity index (χ2n) is 12.1. The second kappa shape index (κ2) is 14.8. The Morgan fingerprint density at radius 3 is 1.25 bits per heavy atom. The number of aromatic nitrogens is 4. The number of hydrogen-bond acceptors (Lipinski definition) is 5. The molecule has 0 fully saturated rings. The van der Waals surface area contributed by atoms with Gasteiger partial charge in [-0.2, -0.15) is 10.2 Å². The van der Waals surface area contributed by atoms with Crippen molar-refractivity contribution in [2.75, 3.05) is 10.6 Å². The van der Waals surface area contributed by atoms with E-state index < -0.39 is 0 Å². The van der Waals surface area contributed by atoms with E-state index in [1.165, 1.54) is 0 Å². The van der Waals surface area contributed by atoms with Gasteiger partial charge in [-0.25, -0.2) is 9.36 Å². The standard InChI is InChI=1S/C44H32N6O3/c51-43(39-29-49(35-20-10-3-11-21-35)47-41(39)31-16-6-1-7-17-31)45-33-26-34(28-38(27-33)53-37-24-14-5-15-25-37)46-44(52)40-30-50(36-22-12-4-13-23-36)48-42(40)32-18-8-2-9-19-32/h1-30H,(H,45,51)(H,46,52). The summed E-state index contributed by atoms with van der Waals surface area (Å²) in [5.41, 5.74) is 5.86. The summed E-state index contributed by atoms with van der Waals surface area (Å²) in [5.74, 6) is 0.251. The minimum Gasteiger partial charge on any atom is -0.457 e. The number of hydrogen-bond donors (Lipinski definition) is 2. The molecule has 8 aromatic rings. The number of anilines is 2. The van der Waals surface area contributed by atoms with Crippen LogP contribution in [0.3, 0.4) is 0 Å². The molecule has 2 heterocycles. The molecule has 0 radical (unpaired) electrons. The summed E-state index contributed by atoms with van der Waals surface area (Å²) < 4.78 is 9.59. The predicted octanol–water partition coefficient (Wildman–Crippen LogP) is 9.69. The molecule has 0 saturated carbocycles.